The van der Waals surface area contributed by atoms with Crippen LogP contribution in [-0.2, 0) is 4.74 Å². The van der Waals surface area contributed by atoms with Crippen molar-refractivity contribution < 1.29 is 19.4 Å². The van der Waals surface area contributed by atoms with Crippen LogP contribution < -0.4 is 10.1 Å². The molecule has 33 heavy (non-hydrogen) atoms. The van der Waals surface area contributed by atoms with E-state index in [-0.39, 0.29) is 12.3 Å². The van der Waals surface area contributed by atoms with Gasteiger partial charge in [0.15, 0.2) is 0 Å². The van der Waals surface area contributed by atoms with Gasteiger partial charge in [-0.25, -0.2) is 4.79 Å². The second-order valence-electron chi connectivity index (χ2n) is 7.79. The summed E-state index contributed by atoms with van der Waals surface area (Å²) in [6, 6.07) is 24.9. The Morgan fingerprint density at radius 3 is 2.06 bits per heavy atom. The number of alkyl carbamates (subject to hydrolysis) is 1. The molecule has 3 aromatic carbocycles. The number of nitrogens with one attached hydrogen (secondary N) is 1. The number of benzene rings is 3. The molecule has 3 rings (SSSR count). The van der Waals surface area contributed by atoms with Gasteiger partial charge < -0.3 is 24.8 Å². The number of rotatable bonds is 9. The van der Waals surface area contributed by atoms with E-state index in [1.165, 1.54) is 7.11 Å². The van der Waals surface area contributed by atoms with Gasteiger partial charge in [-0.05, 0) is 66.2 Å². The first-order valence-electron chi connectivity index (χ1n) is 10.8. The van der Waals surface area contributed by atoms with Crippen molar-refractivity contribution in [3.05, 3.63) is 95.6 Å². The number of aromatic hydroxyl groups is 1. The molecule has 0 aromatic heterocycles. The van der Waals surface area contributed by atoms with Gasteiger partial charge in [-0.2, -0.15) is 0 Å². The monoisotopic (exact) mass is 446 g/mol. The van der Waals surface area contributed by atoms with Crippen molar-refractivity contribution in [2.45, 2.75) is 0 Å². The molecular formula is C27H30N2O4. The maximum atomic E-state index is 11.9. The van der Waals surface area contributed by atoms with Gasteiger partial charge in [0.1, 0.15) is 18.1 Å². The van der Waals surface area contributed by atoms with Crippen molar-refractivity contribution in [2.75, 3.05) is 40.9 Å². The highest BCUT2D eigenvalue weighted by molar-refractivity contribution is 5.99. The van der Waals surface area contributed by atoms with Crippen LogP contribution in [0.3, 0.4) is 0 Å². The Labute approximate surface area is 195 Å². The number of hydrogen-bond acceptors (Lipinski definition) is 5. The lowest BCUT2D eigenvalue weighted by atomic mass is 9.89. The van der Waals surface area contributed by atoms with E-state index in [9.17, 15) is 9.90 Å². The highest BCUT2D eigenvalue weighted by Gasteiger charge is 2.16. The molecule has 0 unspecified atom stereocenters. The van der Waals surface area contributed by atoms with Gasteiger partial charge >= 0.3 is 6.09 Å². The lowest BCUT2D eigenvalue weighted by Crippen LogP contribution is -2.25. The fourth-order valence-corrected chi connectivity index (χ4v) is 3.41. The first kappa shape index (κ1) is 23.9. The van der Waals surface area contributed by atoms with E-state index in [1.54, 1.807) is 12.1 Å². The predicted octanol–water partition coefficient (Wildman–Crippen LogP) is 4.65. The second kappa shape index (κ2) is 11.7. The molecular weight excluding hydrogens is 416 g/mol. The van der Waals surface area contributed by atoms with Crippen LogP contribution in [0.4, 0.5) is 4.79 Å². The van der Waals surface area contributed by atoms with E-state index in [2.05, 4.69) is 10.2 Å². The molecule has 0 heterocycles. The first-order chi connectivity index (χ1) is 16.0. The van der Waals surface area contributed by atoms with Gasteiger partial charge in [-0.15, -0.1) is 0 Å². The van der Waals surface area contributed by atoms with Gasteiger partial charge in [0, 0.05) is 13.1 Å². The Kier molecular flexibility index (Phi) is 8.49. The molecule has 0 radical (unpaired) electrons. The van der Waals surface area contributed by atoms with Crippen molar-refractivity contribution in [1.82, 2.24) is 10.2 Å². The van der Waals surface area contributed by atoms with Gasteiger partial charge in [0.25, 0.3) is 0 Å². The number of hydrogen-bond donors (Lipinski definition) is 2. The molecule has 2 N–H and O–H groups in total. The van der Waals surface area contributed by atoms with E-state index in [0.29, 0.717) is 6.61 Å². The van der Waals surface area contributed by atoms with E-state index in [4.69, 9.17) is 9.47 Å². The standard InChI is InChI=1S/C27H30N2O4/c1-29(2)17-18-33-24-15-11-22(12-16-24)26(21-9-13-23(30)14-10-21)25(19-28-27(31)32-3)20-7-5-4-6-8-20/h4-16,30H,17-19H2,1-3H3,(H,28,31)/b26-25+. The van der Waals surface area contributed by atoms with Crippen molar-refractivity contribution in [3.8, 4) is 11.5 Å². The zero-order valence-electron chi connectivity index (χ0n) is 19.2. The lowest BCUT2D eigenvalue weighted by molar-refractivity contribution is 0.172. The van der Waals surface area contributed by atoms with Crippen LogP contribution >= 0.6 is 0 Å². The SMILES string of the molecule is COC(=O)NC/C(=C(/c1ccc(O)cc1)c1ccc(OCCN(C)C)cc1)c1ccccc1. The summed E-state index contributed by atoms with van der Waals surface area (Å²) in [7, 11) is 5.36. The maximum Gasteiger partial charge on any atom is 0.407 e. The van der Waals surface area contributed by atoms with Crippen LogP contribution in [0.15, 0.2) is 78.9 Å². The Morgan fingerprint density at radius 1 is 0.879 bits per heavy atom. The van der Waals surface area contributed by atoms with Gasteiger partial charge in [0.05, 0.1) is 7.11 Å². The van der Waals surface area contributed by atoms with Crippen molar-refractivity contribution in [2.24, 2.45) is 0 Å². The summed E-state index contributed by atoms with van der Waals surface area (Å²) in [5, 5.41) is 12.6. The minimum absolute atomic E-state index is 0.191. The van der Waals surface area contributed by atoms with E-state index < -0.39 is 6.09 Å². The number of methoxy groups -OCH3 is 1. The molecule has 0 aliphatic carbocycles. The number of phenolic OH excluding ortho intramolecular Hbond substituents is 1. The Bertz CT molecular complexity index is 1060. The lowest BCUT2D eigenvalue weighted by Gasteiger charge is -2.18. The summed E-state index contributed by atoms with van der Waals surface area (Å²) in [5.74, 6) is 0.983. The molecule has 0 bridgehead atoms. The minimum Gasteiger partial charge on any atom is -0.508 e. The molecule has 0 atom stereocenters. The fraction of sp³-hybridized carbons (Fsp3) is 0.222. The van der Waals surface area contributed by atoms with Crippen LogP contribution in [-0.4, -0.2) is 57.0 Å². The average Bonchev–Trinajstić information content (AvgIpc) is 2.83. The predicted molar refractivity (Wildman–Crippen MR) is 131 cm³/mol. The molecule has 0 fully saturated rings. The molecule has 0 saturated carbocycles. The summed E-state index contributed by atoms with van der Waals surface area (Å²) < 4.78 is 10.6. The fourth-order valence-electron chi connectivity index (χ4n) is 3.41. The van der Waals surface area contributed by atoms with Crippen molar-refractivity contribution in [1.29, 1.82) is 0 Å². The summed E-state index contributed by atoms with van der Waals surface area (Å²) >= 11 is 0. The second-order valence-corrected chi connectivity index (χ2v) is 7.79. The third kappa shape index (κ3) is 6.85. The van der Waals surface area contributed by atoms with Crippen LogP contribution in [0, 0.1) is 0 Å². The number of amides is 1. The van der Waals surface area contributed by atoms with Crippen molar-refractivity contribution in [3.63, 3.8) is 0 Å². The third-order valence-corrected chi connectivity index (χ3v) is 5.13. The Balaban J connectivity index is 2.07. The molecule has 0 spiro atoms. The van der Waals surface area contributed by atoms with E-state index in [1.807, 2.05) is 80.8 Å². The number of carbonyl (C=O) groups is 1. The zero-order valence-corrected chi connectivity index (χ0v) is 19.2. The normalized spacial score (nSPS) is 11.6. The number of nitrogens with zero attached hydrogens (tertiary/aromatic N) is 1. The van der Waals surface area contributed by atoms with Crippen LogP contribution in [0.1, 0.15) is 16.7 Å². The zero-order chi connectivity index (χ0) is 23.6. The molecule has 0 saturated heterocycles. The molecule has 6 heteroatoms. The van der Waals surface area contributed by atoms with Crippen LogP contribution in [0.25, 0.3) is 11.1 Å². The first-order valence-corrected chi connectivity index (χ1v) is 10.8. The molecule has 3 aromatic rings. The summed E-state index contributed by atoms with van der Waals surface area (Å²) in [5.41, 5.74) is 4.72. The van der Waals surface area contributed by atoms with Crippen LogP contribution in [0.2, 0.25) is 0 Å². The quantitative estimate of drug-likeness (QED) is 0.468. The summed E-state index contributed by atoms with van der Waals surface area (Å²) in [4.78, 5) is 13.9. The highest BCUT2D eigenvalue weighted by atomic mass is 16.5. The summed E-state index contributed by atoms with van der Waals surface area (Å²) in [6.07, 6.45) is -0.502. The number of likely N-dealkylation sites (N-methyl/N-ethyl adjacent to an activating group) is 1. The van der Waals surface area contributed by atoms with Crippen LogP contribution in [0.5, 0.6) is 11.5 Å². The third-order valence-electron chi connectivity index (χ3n) is 5.13. The highest BCUT2D eigenvalue weighted by Crippen LogP contribution is 2.33. The Hall–Kier alpha value is -3.77. The average molecular weight is 447 g/mol. The molecule has 172 valence electrons. The minimum atomic E-state index is -0.502. The number of phenols is 1. The topological polar surface area (TPSA) is 71.0 Å². The maximum absolute atomic E-state index is 11.9. The molecule has 0 aliphatic rings. The van der Waals surface area contributed by atoms with E-state index >= 15 is 0 Å². The molecule has 0 aliphatic heterocycles. The van der Waals surface area contributed by atoms with Gasteiger partial charge in [-0.1, -0.05) is 54.6 Å². The largest absolute Gasteiger partial charge is 0.508 e. The summed E-state index contributed by atoms with van der Waals surface area (Å²) in [6.45, 7) is 1.71. The molecule has 1 amide bonds. The smallest absolute Gasteiger partial charge is 0.407 e. The number of ether oxygens (including phenoxy) is 2. The van der Waals surface area contributed by atoms with Gasteiger partial charge in [-0.3, -0.25) is 0 Å². The van der Waals surface area contributed by atoms with E-state index in [0.717, 1.165) is 40.1 Å². The Morgan fingerprint density at radius 2 is 1.48 bits per heavy atom. The van der Waals surface area contributed by atoms with Gasteiger partial charge in [0.2, 0.25) is 0 Å². The molecule has 6 nitrogen and oxygen atoms in total. The van der Waals surface area contributed by atoms with Crippen molar-refractivity contribution >= 4 is 17.2 Å². The number of carbonyl (C=O) groups excluding carboxylic acids is 1.